The third kappa shape index (κ3) is 4.74. The van der Waals surface area contributed by atoms with Crippen LogP contribution in [0.4, 0.5) is 13.2 Å². The van der Waals surface area contributed by atoms with E-state index in [0.29, 0.717) is 10.9 Å². The van der Waals surface area contributed by atoms with Crippen molar-refractivity contribution in [3.8, 4) is 0 Å². The van der Waals surface area contributed by atoms with Gasteiger partial charge in [0.05, 0.1) is 12.7 Å². The lowest BCUT2D eigenvalue weighted by molar-refractivity contribution is -0.142. The molecule has 0 aromatic heterocycles. The van der Waals surface area contributed by atoms with Gasteiger partial charge in [-0.05, 0) is 28.5 Å². The van der Waals surface area contributed by atoms with Gasteiger partial charge in [0.25, 0.3) is 5.91 Å². The molecule has 0 unspecified atom stereocenters. The number of methoxy groups -OCH3 is 1. The van der Waals surface area contributed by atoms with Crippen LogP contribution in [0, 0.1) is 0 Å². The van der Waals surface area contributed by atoms with Crippen LogP contribution in [0.3, 0.4) is 0 Å². The maximum atomic E-state index is 12.9. The SMILES string of the molecule is COC(=O)[C@H](Cc1cccc(C(F)(F)F)c1)NC(=O)c1cccc2ccccc12. The molecule has 29 heavy (non-hydrogen) atoms. The molecule has 3 rings (SSSR count). The lowest BCUT2D eigenvalue weighted by Gasteiger charge is -2.18. The van der Waals surface area contributed by atoms with Crippen LogP contribution in [-0.2, 0) is 22.1 Å². The highest BCUT2D eigenvalue weighted by molar-refractivity contribution is 6.08. The third-order valence-corrected chi connectivity index (χ3v) is 4.52. The number of carbonyl (C=O) groups is 2. The summed E-state index contributed by atoms with van der Waals surface area (Å²) in [5.74, 6) is -1.25. The van der Waals surface area contributed by atoms with Crippen molar-refractivity contribution in [3.63, 3.8) is 0 Å². The minimum atomic E-state index is -4.50. The average Bonchev–Trinajstić information content (AvgIpc) is 2.71. The first-order chi connectivity index (χ1) is 13.8. The van der Waals surface area contributed by atoms with Gasteiger partial charge < -0.3 is 10.1 Å². The number of ether oxygens (including phenoxy) is 1. The Bertz CT molecular complexity index is 1040. The van der Waals surface area contributed by atoms with Gasteiger partial charge in [-0.2, -0.15) is 13.2 Å². The monoisotopic (exact) mass is 401 g/mol. The van der Waals surface area contributed by atoms with E-state index < -0.39 is 29.7 Å². The number of halogens is 3. The van der Waals surface area contributed by atoms with Crippen LogP contribution < -0.4 is 5.32 Å². The van der Waals surface area contributed by atoms with Crippen molar-refractivity contribution < 1.29 is 27.5 Å². The van der Waals surface area contributed by atoms with E-state index in [-0.39, 0.29) is 12.0 Å². The molecule has 1 N–H and O–H groups in total. The molecule has 3 aromatic rings. The van der Waals surface area contributed by atoms with Crippen LogP contribution in [0.2, 0.25) is 0 Å². The fraction of sp³-hybridized carbons (Fsp3) is 0.182. The summed E-state index contributed by atoms with van der Waals surface area (Å²) < 4.78 is 43.6. The van der Waals surface area contributed by atoms with Gasteiger partial charge in [0.1, 0.15) is 6.04 Å². The van der Waals surface area contributed by atoms with Crippen LogP contribution in [-0.4, -0.2) is 25.0 Å². The largest absolute Gasteiger partial charge is 0.467 e. The molecule has 150 valence electrons. The van der Waals surface area contributed by atoms with E-state index in [0.717, 1.165) is 24.6 Å². The number of benzene rings is 3. The maximum absolute atomic E-state index is 12.9. The first-order valence-corrected chi connectivity index (χ1v) is 8.82. The van der Waals surface area contributed by atoms with E-state index in [1.807, 2.05) is 18.2 Å². The molecule has 0 spiro atoms. The van der Waals surface area contributed by atoms with Gasteiger partial charge in [0.15, 0.2) is 0 Å². The third-order valence-electron chi connectivity index (χ3n) is 4.52. The van der Waals surface area contributed by atoms with Crippen molar-refractivity contribution in [2.24, 2.45) is 0 Å². The molecule has 4 nitrogen and oxygen atoms in total. The molecule has 3 aromatic carbocycles. The van der Waals surface area contributed by atoms with Crippen molar-refractivity contribution in [1.29, 1.82) is 0 Å². The number of esters is 1. The van der Waals surface area contributed by atoms with Crippen LogP contribution in [0.5, 0.6) is 0 Å². The number of amides is 1. The Hall–Kier alpha value is -3.35. The number of rotatable bonds is 5. The van der Waals surface area contributed by atoms with Gasteiger partial charge in [-0.15, -0.1) is 0 Å². The highest BCUT2D eigenvalue weighted by atomic mass is 19.4. The average molecular weight is 401 g/mol. The molecule has 1 atom stereocenters. The Morgan fingerprint density at radius 3 is 2.41 bits per heavy atom. The Labute approximate surface area is 165 Å². The molecule has 1 amide bonds. The van der Waals surface area contributed by atoms with Gasteiger partial charge in [-0.3, -0.25) is 4.79 Å². The second kappa shape index (κ2) is 8.34. The molecule has 0 aliphatic heterocycles. The number of fused-ring (bicyclic) bond motifs is 1. The number of carbonyl (C=O) groups excluding carboxylic acids is 2. The summed E-state index contributed by atoms with van der Waals surface area (Å²) in [5, 5.41) is 4.15. The number of hydrogen-bond acceptors (Lipinski definition) is 3. The number of alkyl halides is 3. The van der Waals surface area contributed by atoms with Crippen LogP contribution in [0.15, 0.2) is 66.7 Å². The normalized spacial score (nSPS) is 12.4. The summed E-state index contributed by atoms with van der Waals surface area (Å²) in [5.41, 5.74) is -0.200. The lowest BCUT2D eigenvalue weighted by atomic mass is 10.0. The highest BCUT2D eigenvalue weighted by Crippen LogP contribution is 2.29. The summed E-state index contributed by atoms with van der Waals surface area (Å²) in [7, 11) is 1.16. The van der Waals surface area contributed by atoms with E-state index in [4.69, 9.17) is 4.74 Å². The van der Waals surface area contributed by atoms with E-state index in [2.05, 4.69) is 5.32 Å². The molecule has 0 aliphatic rings. The van der Waals surface area contributed by atoms with Crippen LogP contribution in [0.1, 0.15) is 21.5 Å². The minimum Gasteiger partial charge on any atom is -0.467 e. The summed E-state index contributed by atoms with van der Waals surface area (Å²) >= 11 is 0. The Morgan fingerprint density at radius 2 is 1.69 bits per heavy atom. The molecule has 0 fully saturated rings. The lowest BCUT2D eigenvalue weighted by Crippen LogP contribution is -2.43. The first kappa shape index (κ1) is 20.4. The quantitative estimate of drug-likeness (QED) is 0.646. The van der Waals surface area contributed by atoms with Crippen LogP contribution in [0.25, 0.3) is 10.8 Å². The molecule has 0 heterocycles. The fourth-order valence-electron chi connectivity index (χ4n) is 3.11. The second-order valence-corrected chi connectivity index (χ2v) is 6.48. The molecular formula is C22H18F3NO3. The van der Waals surface area contributed by atoms with Gasteiger partial charge >= 0.3 is 12.1 Å². The van der Waals surface area contributed by atoms with Crippen molar-refractivity contribution >= 4 is 22.6 Å². The molecule has 0 saturated heterocycles. The summed E-state index contributed by atoms with van der Waals surface area (Å²) in [6, 6.07) is 16.0. The molecule has 0 saturated carbocycles. The predicted octanol–water partition coefficient (Wildman–Crippen LogP) is 4.37. The summed E-state index contributed by atoms with van der Waals surface area (Å²) in [4.78, 5) is 25.0. The van der Waals surface area contributed by atoms with Gasteiger partial charge in [0, 0.05) is 12.0 Å². The summed E-state index contributed by atoms with van der Waals surface area (Å²) in [6.07, 6.45) is -4.63. The Kier molecular flexibility index (Phi) is 5.87. The van der Waals surface area contributed by atoms with Gasteiger partial charge in [-0.25, -0.2) is 4.79 Å². The topological polar surface area (TPSA) is 55.4 Å². The zero-order chi connectivity index (χ0) is 21.0. The molecule has 7 heteroatoms. The highest BCUT2D eigenvalue weighted by Gasteiger charge is 2.31. The maximum Gasteiger partial charge on any atom is 0.416 e. The van der Waals surface area contributed by atoms with E-state index in [1.165, 1.54) is 12.1 Å². The predicted molar refractivity (Wildman–Crippen MR) is 102 cm³/mol. The summed E-state index contributed by atoms with van der Waals surface area (Å²) in [6.45, 7) is 0. The van der Waals surface area contributed by atoms with Crippen molar-refractivity contribution in [1.82, 2.24) is 5.32 Å². The molecular weight excluding hydrogens is 383 g/mol. The first-order valence-electron chi connectivity index (χ1n) is 8.82. The standard InChI is InChI=1S/C22H18F3NO3/c1-29-21(28)19(13-14-6-4-9-16(12-14)22(23,24)25)26-20(27)18-11-5-8-15-7-2-3-10-17(15)18/h2-12,19H,13H2,1H3,(H,26,27)/t19-/m0/s1. The smallest absolute Gasteiger partial charge is 0.416 e. The molecule has 0 radical (unpaired) electrons. The Morgan fingerprint density at radius 1 is 1.00 bits per heavy atom. The van der Waals surface area contributed by atoms with E-state index in [1.54, 1.807) is 24.3 Å². The fourth-order valence-corrected chi connectivity index (χ4v) is 3.11. The van der Waals surface area contributed by atoms with Crippen molar-refractivity contribution in [3.05, 3.63) is 83.4 Å². The van der Waals surface area contributed by atoms with Crippen LogP contribution >= 0.6 is 0 Å². The van der Waals surface area contributed by atoms with Gasteiger partial charge in [0.2, 0.25) is 0 Å². The minimum absolute atomic E-state index is 0.132. The second-order valence-electron chi connectivity index (χ2n) is 6.48. The number of hydrogen-bond donors (Lipinski definition) is 1. The van der Waals surface area contributed by atoms with Gasteiger partial charge in [-0.1, -0.05) is 54.6 Å². The zero-order valence-corrected chi connectivity index (χ0v) is 15.5. The number of nitrogens with one attached hydrogen (secondary N) is 1. The zero-order valence-electron chi connectivity index (χ0n) is 15.5. The molecule has 0 bridgehead atoms. The van der Waals surface area contributed by atoms with Crippen molar-refractivity contribution in [2.45, 2.75) is 18.6 Å². The van der Waals surface area contributed by atoms with E-state index in [9.17, 15) is 22.8 Å². The van der Waals surface area contributed by atoms with E-state index >= 15 is 0 Å². The van der Waals surface area contributed by atoms with Crippen molar-refractivity contribution in [2.75, 3.05) is 7.11 Å². The molecule has 0 aliphatic carbocycles. The Balaban J connectivity index is 1.86.